The van der Waals surface area contributed by atoms with Crippen LogP contribution in [0.5, 0.6) is 5.75 Å². The van der Waals surface area contributed by atoms with Crippen LogP contribution in [-0.4, -0.2) is 15.5 Å². The molecule has 3 nitrogen and oxygen atoms in total. The molecule has 0 unspecified atom stereocenters. The first-order chi connectivity index (χ1) is 8.95. The lowest BCUT2D eigenvalue weighted by Gasteiger charge is -2.07. The van der Waals surface area contributed by atoms with Gasteiger partial charge in [0.05, 0.1) is 21.9 Å². The summed E-state index contributed by atoms with van der Waals surface area (Å²) < 4.78 is 42.3. The van der Waals surface area contributed by atoms with Gasteiger partial charge < -0.3 is 4.74 Å². The zero-order valence-electron chi connectivity index (χ0n) is 9.93. The van der Waals surface area contributed by atoms with Crippen LogP contribution in [0.3, 0.4) is 0 Å². The van der Waals surface area contributed by atoms with Crippen LogP contribution in [0, 0.1) is 5.82 Å². The number of rotatable bonds is 3. The Morgan fingerprint density at radius 1 is 1.05 bits per heavy atom. The zero-order chi connectivity index (χ0) is 14.0. The molecule has 0 spiro atoms. The van der Waals surface area contributed by atoms with Crippen molar-refractivity contribution in [1.29, 1.82) is 0 Å². The van der Waals surface area contributed by atoms with Crippen LogP contribution in [0.1, 0.15) is 0 Å². The molecule has 0 N–H and O–H groups in total. The van der Waals surface area contributed by atoms with E-state index in [1.165, 1.54) is 37.4 Å². The van der Waals surface area contributed by atoms with Gasteiger partial charge in [0.1, 0.15) is 11.6 Å². The van der Waals surface area contributed by atoms with E-state index in [1.807, 2.05) is 0 Å². The molecule has 0 saturated carbocycles. The van der Waals surface area contributed by atoms with E-state index >= 15 is 0 Å². The Kier molecular flexibility index (Phi) is 3.78. The summed E-state index contributed by atoms with van der Waals surface area (Å²) in [5.41, 5.74) is 0. The highest BCUT2D eigenvalue weighted by atomic mass is 35.5. The molecule has 0 bridgehead atoms. The maximum absolute atomic E-state index is 12.8. The summed E-state index contributed by atoms with van der Waals surface area (Å²) in [6.07, 6.45) is 0. The van der Waals surface area contributed by atoms with Crippen LogP contribution in [0.25, 0.3) is 0 Å². The lowest BCUT2D eigenvalue weighted by atomic mass is 10.3. The van der Waals surface area contributed by atoms with Crippen LogP contribution in [0.4, 0.5) is 4.39 Å². The highest BCUT2D eigenvalue weighted by molar-refractivity contribution is 7.91. The standard InChI is InChI=1S/C13H10ClFO3S/c1-18-13-7-6-11(8-12(13)14)19(16,17)10-4-2-9(15)3-5-10/h2-8H,1H3. The summed E-state index contributed by atoms with van der Waals surface area (Å²) in [5.74, 6) is -0.105. The van der Waals surface area contributed by atoms with Crippen molar-refractivity contribution in [3.63, 3.8) is 0 Å². The van der Waals surface area contributed by atoms with E-state index in [-0.39, 0.29) is 14.8 Å². The Morgan fingerprint density at radius 2 is 1.63 bits per heavy atom. The molecule has 2 rings (SSSR count). The third-order valence-electron chi connectivity index (χ3n) is 2.56. The van der Waals surface area contributed by atoms with Crippen molar-refractivity contribution < 1.29 is 17.5 Å². The third-order valence-corrected chi connectivity index (χ3v) is 4.62. The van der Waals surface area contributed by atoms with E-state index in [4.69, 9.17) is 16.3 Å². The first-order valence-corrected chi connectivity index (χ1v) is 7.15. The Morgan fingerprint density at radius 3 is 2.16 bits per heavy atom. The molecule has 2 aromatic carbocycles. The molecular weight excluding hydrogens is 291 g/mol. The van der Waals surface area contributed by atoms with Gasteiger partial charge in [0.2, 0.25) is 9.84 Å². The van der Waals surface area contributed by atoms with Gasteiger partial charge >= 0.3 is 0 Å². The molecule has 0 aromatic heterocycles. The van der Waals surface area contributed by atoms with Crippen LogP contribution in [-0.2, 0) is 9.84 Å². The van der Waals surface area contributed by atoms with Gasteiger partial charge in [-0.25, -0.2) is 12.8 Å². The minimum absolute atomic E-state index is 0.00938. The highest BCUT2D eigenvalue weighted by Crippen LogP contribution is 2.29. The molecule has 19 heavy (non-hydrogen) atoms. The maximum atomic E-state index is 12.8. The molecule has 0 saturated heterocycles. The molecule has 0 fully saturated rings. The molecule has 6 heteroatoms. The summed E-state index contributed by atoms with van der Waals surface area (Å²) in [7, 11) is -2.27. The highest BCUT2D eigenvalue weighted by Gasteiger charge is 2.19. The molecule has 100 valence electrons. The Bertz CT molecular complexity index is 696. The Hall–Kier alpha value is -1.59. The van der Waals surface area contributed by atoms with E-state index in [9.17, 15) is 12.8 Å². The SMILES string of the molecule is COc1ccc(S(=O)(=O)c2ccc(F)cc2)cc1Cl. The summed E-state index contributed by atoms with van der Waals surface area (Å²) >= 11 is 5.90. The molecule has 0 aliphatic rings. The number of methoxy groups -OCH3 is 1. The summed E-state index contributed by atoms with van der Waals surface area (Å²) in [6.45, 7) is 0. The second-order valence-corrected chi connectivity index (χ2v) is 6.11. The van der Waals surface area contributed by atoms with Gasteiger partial charge in [-0.3, -0.25) is 0 Å². The van der Waals surface area contributed by atoms with E-state index < -0.39 is 15.7 Å². The van der Waals surface area contributed by atoms with Gasteiger partial charge in [0.25, 0.3) is 0 Å². The lowest BCUT2D eigenvalue weighted by molar-refractivity contribution is 0.414. The van der Waals surface area contributed by atoms with E-state index in [1.54, 1.807) is 0 Å². The van der Waals surface area contributed by atoms with Crippen molar-refractivity contribution >= 4 is 21.4 Å². The van der Waals surface area contributed by atoms with Crippen LogP contribution >= 0.6 is 11.6 Å². The van der Waals surface area contributed by atoms with E-state index in [0.717, 1.165) is 12.1 Å². The lowest BCUT2D eigenvalue weighted by Crippen LogP contribution is -2.02. The first-order valence-electron chi connectivity index (χ1n) is 5.29. The molecule has 0 radical (unpaired) electrons. The van der Waals surface area contributed by atoms with Crippen molar-refractivity contribution in [2.75, 3.05) is 7.11 Å². The van der Waals surface area contributed by atoms with Crippen molar-refractivity contribution in [2.45, 2.75) is 9.79 Å². The quantitative estimate of drug-likeness (QED) is 0.817. The predicted molar refractivity (Wildman–Crippen MR) is 69.9 cm³/mol. The van der Waals surface area contributed by atoms with Gasteiger partial charge in [0, 0.05) is 0 Å². The predicted octanol–water partition coefficient (Wildman–Crippen LogP) is 3.32. The van der Waals surface area contributed by atoms with Crippen LogP contribution < -0.4 is 4.74 Å². The number of ether oxygens (including phenoxy) is 1. The van der Waals surface area contributed by atoms with Gasteiger partial charge in [-0.05, 0) is 42.5 Å². The van der Waals surface area contributed by atoms with Gasteiger partial charge in [0.15, 0.2) is 0 Å². The molecule has 0 atom stereocenters. The van der Waals surface area contributed by atoms with Gasteiger partial charge in [-0.1, -0.05) is 11.6 Å². The fourth-order valence-corrected chi connectivity index (χ4v) is 3.17. The fraction of sp³-hybridized carbons (Fsp3) is 0.0769. The van der Waals surface area contributed by atoms with Crippen molar-refractivity contribution in [3.05, 3.63) is 53.3 Å². The minimum atomic E-state index is -3.71. The zero-order valence-corrected chi connectivity index (χ0v) is 11.5. The third kappa shape index (κ3) is 2.72. The van der Waals surface area contributed by atoms with Crippen LogP contribution in [0.2, 0.25) is 5.02 Å². The van der Waals surface area contributed by atoms with Crippen molar-refractivity contribution in [1.82, 2.24) is 0 Å². The molecule has 0 heterocycles. The fourth-order valence-electron chi connectivity index (χ4n) is 1.56. The Labute approximate surface area is 115 Å². The monoisotopic (exact) mass is 300 g/mol. The average Bonchev–Trinajstić information content (AvgIpc) is 2.39. The number of hydrogen-bond donors (Lipinski definition) is 0. The number of sulfone groups is 1. The molecular formula is C13H10ClFO3S. The maximum Gasteiger partial charge on any atom is 0.206 e. The second kappa shape index (κ2) is 5.19. The summed E-state index contributed by atoms with van der Waals surface area (Å²) in [4.78, 5) is 0.0417. The number of benzene rings is 2. The molecule has 0 aliphatic carbocycles. The van der Waals surface area contributed by atoms with Crippen molar-refractivity contribution in [2.24, 2.45) is 0 Å². The number of hydrogen-bond acceptors (Lipinski definition) is 3. The normalized spacial score (nSPS) is 11.3. The van der Waals surface area contributed by atoms with Crippen LogP contribution in [0.15, 0.2) is 52.3 Å². The number of halogens is 2. The topological polar surface area (TPSA) is 43.4 Å². The summed E-state index contributed by atoms with van der Waals surface area (Å²) in [6, 6.07) is 8.78. The van der Waals surface area contributed by atoms with Gasteiger partial charge in [-0.2, -0.15) is 0 Å². The van der Waals surface area contributed by atoms with E-state index in [0.29, 0.717) is 5.75 Å². The molecule has 0 aliphatic heterocycles. The first kappa shape index (κ1) is 13.8. The summed E-state index contributed by atoms with van der Waals surface area (Å²) in [5, 5.41) is 0.200. The van der Waals surface area contributed by atoms with E-state index in [2.05, 4.69) is 0 Å². The average molecular weight is 301 g/mol. The van der Waals surface area contributed by atoms with Gasteiger partial charge in [-0.15, -0.1) is 0 Å². The second-order valence-electron chi connectivity index (χ2n) is 3.75. The minimum Gasteiger partial charge on any atom is -0.495 e. The molecule has 0 amide bonds. The molecule has 2 aromatic rings. The smallest absolute Gasteiger partial charge is 0.206 e. The van der Waals surface area contributed by atoms with Crippen molar-refractivity contribution in [3.8, 4) is 5.75 Å². The Balaban J connectivity index is 2.50. The largest absolute Gasteiger partial charge is 0.495 e.